The molecule has 0 fully saturated rings. The Labute approximate surface area is 269 Å². The summed E-state index contributed by atoms with van der Waals surface area (Å²) in [5.41, 5.74) is 16.3. The molecule has 1 heterocycles. The van der Waals surface area contributed by atoms with E-state index in [1.807, 2.05) is 30.3 Å². The number of carbonyl (C=O) groups excluding carboxylic acids is 1. The summed E-state index contributed by atoms with van der Waals surface area (Å²) in [5.74, 6) is 2.22. The van der Waals surface area contributed by atoms with Crippen LogP contribution in [0.3, 0.4) is 0 Å². The Morgan fingerprint density at radius 3 is 1.46 bits per heavy atom. The number of hydrogen-bond donors (Lipinski definition) is 0. The molecule has 0 saturated heterocycles. The minimum absolute atomic E-state index is 0.110. The summed E-state index contributed by atoms with van der Waals surface area (Å²) < 4.78 is 2.51. The van der Waals surface area contributed by atoms with Crippen molar-refractivity contribution in [2.24, 2.45) is 0 Å². The van der Waals surface area contributed by atoms with Crippen LogP contribution in [0.2, 0.25) is 0 Å². The summed E-state index contributed by atoms with van der Waals surface area (Å²) >= 11 is 0. The number of hydrogen-bond acceptors (Lipinski definition) is 1. The van der Waals surface area contributed by atoms with Crippen LogP contribution in [0.25, 0.3) is 55.3 Å². The van der Waals surface area contributed by atoms with Crippen molar-refractivity contribution < 1.29 is 4.79 Å². The lowest BCUT2D eigenvalue weighted by molar-refractivity contribution is 0.569. The van der Waals surface area contributed by atoms with Crippen LogP contribution < -0.4 is 0 Å². The van der Waals surface area contributed by atoms with Crippen LogP contribution in [0, 0.1) is 0 Å². The van der Waals surface area contributed by atoms with E-state index in [0.29, 0.717) is 5.57 Å². The molecule has 46 heavy (non-hydrogen) atoms. The maximum Gasteiger partial charge on any atom is 0.133 e. The molecule has 2 aliphatic rings. The molecular formula is C44H33NO. The van der Waals surface area contributed by atoms with Crippen LogP contribution in [0.4, 0.5) is 0 Å². The lowest BCUT2D eigenvalue weighted by atomic mass is 9.82. The number of aromatic nitrogens is 1. The Bertz CT molecular complexity index is 2330. The average molecular weight is 592 g/mol. The third-order valence-electron chi connectivity index (χ3n) is 10.8. The summed E-state index contributed by atoms with van der Waals surface area (Å²) in [6.07, 6.45) is 0. The van der Waals surface area contributed by atoms with E-state index in [1.54, 1.807) is 0 Å². The zero-order chi connectivity index (χ0) is 31.4. The number of nitrogens with zero attached hydrogens (tertiary/aromatic N) is 1. The maximum absolute atomic E-state index is 12.2. The van der Waals surface area contributed by atoms with E-state index in [4.69, 9.17) is 0 Å². The van der Waals surface area contributed by atoms with Gasteiger partial charge < -0.3 is 4.57 Å². The highest BCUT2D eigenvalue weighted by molar-refractivity contribution is 6.19. The van der Waals surface area contributed by atoms with Crippen LogP contribution in [0.5, 0.6) is 0 Å². The molecule has 0 atom stereocenters. The van der Waals surface area contributed by atoms with Crippen molar-refractivity contribution in [3.05, 3.63) is 161 Å². The molecule has 6 aromatic carbocycles. The van der Waals surface area contributed by atoms with Gasteiger partial charge in [0.2, 0.25) is 0 Å². The molecule has 0 amide bonds. The van der Waals surface area contributed by atoms with E-state index in [1.165, 1.54) is 66.3 Å². The highest BCUT2D eigenvalue weighted by Crippen LogP contribution is 2.56. The van der Waals surface area contributed by atoms with E-state index in [0.717, 1.165) is 16.8 Å². The minimum Gasteiger partial charge on any atom is -0.308 e. The van der Waals surface area contributed by atoms with Crippen molar-refractivity contribution in [3.8, 4) is 27.9 Å². The molecule has 0 N–H and O–H groups in total. The van der Waals surface area contributed by atoms with Crippen LogP contribution >= 0.6 is 0 Å². The SMILES string of the molecule is CC1(C)c2ccccc2-c2c1ccc1c3ccc4c(c3n(-c3ccc(C(=C=O)c5ccccc5)cc3)c21)-c1ccccc1C4(C)C. The minimum atomic E-state index is -0.110. The smallest absolute Gasteiger partial charge is 0.133 e. The van der Waals surface area contributed by atoms with Gasteiger partial charge in [-0.05, 0) is 56.6 Å². The molecule has 0 spiro atoms. The Morgan fingerprint density at radius 2 is 0.957 bits per heavy atom. The summed E-state index contributed by atoms with van der Waals surface area (Å²) in [5, 5.41) is 2.51. The van der Waals surface area contributed by atoms with E-state index in [-0.39, 0.29) is 10.8 Å². The molecule has 1 aromatic heterocycles. The first-order chi connectivity index (χ1) is 22.3. The normalized spacial score (nSPS) is 14.9. The van der Waals surface area contributed by atoms with E-state index in [2.05, 4.69) is 135 Å². The fourth-order valence-electron chi connectivity index (χ4n) is 8.49. The van der Waals surface area contributed by atoms with Crippen molar-refractivity contribution >= 4 is 33.3 Å². The Morgan fingerprint density at radius 1 is 0.500 bits per heavy atom. The Balaban J connectivity index is 1.41. The lowest BCUT2D eigenvalue weighted by Crippen LogP contribution is -2.14. The van der Waals surface area contributed by atoms with Gasteiger partial charge in [-0.1, -0.05) is 143 Å². The lowest BCUT2D eigenvalue weighted by Gasteiger charge is -2.21. The number of fused-ring (bicyclic) bond motifs is 11. The van der Waals surface area contributed by atoms with Crippen molar-refractivity contribution in [2.75, 3.05) is 0 Å². The number of rotatable bonds is 3. The predicted molar refractivity (Wildman–Crippen MR) is 191 cm³/mol. The second-order valence-electron chi connectivity index (χ2n) is 13.8. The van der Waals surface area contributed by atoms with Crippen molar-refractivity contribution in [3.63, 3.8) is 0 Å². The van der Waals surface area contributed by atoms with Gasteiger partial charge >= 0.3 is 0 Å². The molecule has 0 bridgehead atoms. The molecule has 2 nitrogen and oxygen atoms in total. The van der Waals surface area contributed by atoms with Crippen LogP contribution in [0.1, 0.15) is 61.1 Å². The summed E-state index contributed by atoms with van der Waals surface area (Å²) in [7, 11) is 0. The Hall–Kier alpha value is -5.43. The van der Waals surface area contributed by atoms with Crippen molar-refractivity contribution in [1.82, 2.24) is 4.57 Å². The fraction of sp³-hybridized carbons (Fsp3) is 0.136. The van der Waals surface area contributed by atoms with Gasteiger partial charge in [-0.15, -0.1) is 0 Å². The molecule has 0 unspecified atom stereocenters. The first kappa shape index (κ1) is 26.9. The third kappa shape index (κ3) is 3.40. The second kappa shape index (κ2) is 9.30. The molecule has 0 radical (unpaired) electrons. The topological polar surface area (TPSA) is 22.0 Å². The highest BCUT2D eigenvalue weighted by atomic mass is 16.1. The van der Waals surface area contributed by atoms with E-state index >= 15 is 0 Å². The average Bonchev–Trinajstić information content (AvgIpc) is 3.63. The molecule has 220 valence electrons. The molecule has 0 saturated carbocycles. The van der Waals surface area contributed by atoms with Gasteiger partial charge in [-0.25, -0.2) is 4.79 Å². The van der Waals surface area contributed by atoms with Gasteiger partial charge in [-0.2, -0.15) is 0 Å². The molecule has 2 aliphatic carbocycles. The predicted octanol–water partition coefficient (Wildman–Crippen LogP) is 10.7. The molecular weight excluding hydrogens is 558 g/mol. The van der Waals surface area contributed by atoms with Crippen LogP contribution in [-0.4, -0.2) is 10.5 Å². The Kier molecular flexibility index (Phi) is 5.44. The maximum atomic E-state index is 12.2. The van der Waals surface area contributed by atoms with Gasteiger partial charge in [0, 0.05) is 38.4 Å². The first-order valence-electron chi connectivity index (χ1n) is 16.1. The summed E-state index contributed by atoms with van der Waals surface area (Å²) in [6.45, 7) is 9.38. The first-order valence-corrected chi connectivity index (χ1v) is 16.1. The molecule has 0 aliphatic heterocycles. The second-order valence-corrected chi connectivity index (χ2v) is 13.8. The van der Waals surface area contributed by atoms with Gasteiger partial charge in [0.15, 0.2) is 0 Å². The summed E-state index contributed by atoms with van der Waals surface area (Å²) in [6, 6.07) is 45.5. The largest absolute Gasteiger partial charge is 0.308 e. The van der Waals surface area contributed by atoms with Gasteiger partial charge in [-0.3, -0.25) is 0 Å². The van der Waals surface area contributed by atoms with E-state index in [9.17, 15) is 4.79 Å². The molecule has 9 rings (SSSR count). The van der Waals surface area contributed by atoms with Gasteiger partial charge in [0.25, 0.3) is 0 Å². The highest BCUT2D eigenvalue weighted by Gasteiger charge is 2.40. The fourth-order valence-corrected chi connectivity index (χ4v) is 8.49. The van der Waals surface area contributed by atoms with Crippen LogP contribution in [0.15, 0.2) is 127 Å². The zero-order valence-electron chi connectivity index (χ0n) is 26.5. The van der Waals surface area contributed by atoms with Crippen LogP contribution in [-0.2, 0) is 15.6 Å². The van der Waals surface area contributed by atoms with Gasteiger partial charge in [0.1, 0.15) is 5.94 Å². The molecule has 2 heteroatoms. The zero-order valence-corrected chi connectivity index (χ0v) is 26.5. The van der Waals surface area contributed by atoms with Crippen molar-refractivity contribution in [1.29, 1.82) is 0 Å². The monoisotopic (exact) mass is 591 g/mol. The number of benzene rings is 6. The standard InChI is InChI=1S/C44H33NO/c1-43(2)35-16-10-8-14-32(35)39-37(43)24-22-30-31-23-25-38-40(33-15-9-11-17-36(33)44(38,3)4)42(31)45(41(30)39)29-20-18-28(19-21-29)34(26-46)27-12-6-5-7-13-27/h5-25H,1-4H3. The quantitative estimate of drug-likeness (QED) is 0.187. The third-order valence-corrected chi connectivity index (χ3v) is 10.8. The van der Waals surface area contributed by atoms with E-state index < -0.39 is 0 Å². The summed E-state index contributed by atoms with van der Waals surface area (Å²) in [4.78, 5) is 12.2. The van der Waals surface area contributed by atoms with Crippen molar-refractivity contribution in [2.45, 2.75) is 38.5 Å². The molecule has 7 aromatic rings. The van der Waals surface area contributed by atoms with Gasteiger partial charge in [0.05, 0.1) is 16.6 Å².